The third kappa shape index (κ3) is 5.47. The monoisotopic (exact) mass is 403 g/mol. The number of carbonyl (C=O) groups is 2. The number of carbonyl (C=O) groups excluding carboxylic acids is 2. The molecule has 30 heavy (non-hydrogen) atoms. The molecule has 0 saturated heterocycles. The van der Waals surface area contributed by atoms with Gasteiger partial charge in [-0.3, -0.25) is 9.59 Å². The van der Waals surface area contributed by atoms with Gasteiger partial charge < -0.3 is 14.4 Å². The maximum Gasteiger partial charge on any atom is 0.265 e. The van der Waals surface area contributed by atoms with Crippen molar-refractivity contribution in [2.45, 2.75) is 19.9 Å². The minimum absolute atomic E-state index is 0.0752. The first kappa shape index (κ1) is 21.1. The van der Waals surface area contributed by atoms with Crippen LogP contribution < -0.4 is 14.4 Å². The Labute approximate surface area is 176 Å². The lowest BCUT2D eigenvalue weighted by Gasteiger charge is -2.23. The van der Waals surface area contributed by atoms with E-state index in [9.17, 15) is 9.59 Å². The number of methoxy groups -OCH3 is 1. The minimum Gasteiger partial charge on any atom is -0.497 e. The average Bonchev–Trinajstić information content (AvgIpc) is 2.81. The third-order valence-electron chi connectivity index (χ3n) is 4.73. The molecule has 0 saturated carbocycles. The summed E-state index contributed by atoms with van der Waals surface area (Å²) in [6.07, 6.45) is 0.453. The number of hydrogen-bond donors (Lipinski definition) is 0. The van der Waals surface area contributed by atoms with Crippen molar-refractivity contribution in [1.29, 1.82) is 0 Å². The van der Waals surface area contributed by atoms with Crippen LogP contribution >= 0.6 is 0 Å². The summed E-state index contributed by atoms with van der Waals surface area (Å²) >= 11 is 0. The van der Waals surface area contributed by atoms with Crippen molar-refractivity contribution in [3.8, 4) is 11.5 Å². The molecule has 3 rings (SSSR count). The Morgan fingerprint density at radius 2 is 1.47 bits per heavy atom. The molecule has 0 aliphatic carbocycles. The molecule has 0 bridgehead atoms. The number of ketones is 1. The van der Waals surface area contributed by atoms with Crippen LogP contribution in [-0.2, 0) is 11.3 Å². The third-order valence-corrected chi connectivity index (χ3v) is 4.73. The van der Waals surface area contributed by atoms with Crippen molar-refractivity contribution in [3.63, 3.8) is 0 Å². The molecule has 0 unspecified atom stereocenters. The lowest BCUT2D eigenvalue weighted by molar-refractivity contribution is -0.120. The van der Waals surface area contributed by atoms with Crippen LogP contribution in [0.3, 0.4) is 0 Å². The molecule has 154 valence electrons. The van der Waals surface area contributed by atoms with E-state index in [-0.39, 0.29) is 18.3 Å². The summed E-state index contributed by atoms with van der Waals surface area (Å²) < 4.78 is 10.9. The zero-order valence-electron chi connectivity index (χ0n) is 17.2. The Kier molecular flexibility index (Phi) is 7.22. The second kappa shape index (κ2) is 10.3. The highest BCUT2D eigenvalue weighted by Crippen LogP contribution is 2.22. The van der Waals surface area contributed by atoms with E-state index >= 15 is 0 Å². The predicted molar refractivity (Wildman–Crippen MR) is 117 cm³/mol. The molecular formula is C25H25NO4. The summed E-state index contributed by atoms with van der Waals surface area (Å²) in [6.45, 7) is 2.14. The number of anilines is 1. The molecule has 3 aromatic rings. The van der Waals surface area contributed by atoms with Crippen molar-refractivity contribution >= 4 is 17.4 Å². The minimum atomic E-state index is -0.169. The Morgan fingerprint density at radius 1 is 0.833 bits per heavy atom. The van der Waals surface area contributed by atoms with E-state index in [0.29, 0.717) is 24.3 Å². The molecule has 0 heterocycles. The molecule has 1 amide bonds. The van der Waals surface area contributed by atoms with E-state index < -0.39 is 0 Å². The second-order valence-corrected chi connectivity index (χ2v) is 6.75. The molecular weight excluding hydrogens is 378 g/mol. The van der Waals surface area contributed by atoms with Gasteiger partial charge in [0.05, 0.1) is 13.7 Å². The average molecular weight is 403 g/mol. The first-order valence-corrected chi connectivity index (χ1v) is 9.85. The highest BCUT2D eigenvalue weighted by Gasteiger charge is 2.17. The zero-order valence-corrected chi connectivity index (χ0v) is 17.2. The molecule has 5 nitrogen and oxygen atoms in total. The Morgan fingerprint density at radius 3 is 2.07 bits per heavy atom. The fourth-order valence-electron chi connectivity index (χ4n) is 3.02. The van der Waals surface area contributed by atoms with Gasteiger partial charge in [0, 0.05) is 17.7 Å². The molecule has 0 aliphatic rings. The molecule has 0 fully saturated rings. The molecule has 0 radical (unpaired) electrons. The Bertz CT molecular complexity index is 966. The summed E-state index contributed by atoms with van der Waals surface area (Å²) in [6, 6.07) is 24.0. The number of hydrogen-bond acceptors (Lipinski definition) is 4. The van der Waals surface area contributed by atoms with Gasteiger partial charge in [-0.05, 0) is 54.1 Å². The SMILES string of the molecule is CCC(=O)c1ccc(OCC(=O)N(Cc2ccccc2)c2ccc(OC)cc2)cc1. The standard InChI is InChI=1S/C25H25NO4/c1-3-24(27)20-9-13-23(14-10-20)30-18-25(28)26(17-19-7-5-4-6-8-19)21-11-15-22(29-2)16-12-21/h4-16H,3,17-18H2,1-2H3. The van der Waals surface area contributed by atoms with E-state index in [0.717, 1.165) is 17.0 Å². The second-order valence-electron chi connectivity index (χ2n) is 6.75. The van der Waals surface area contributed by atoms with Gasteiger partial charge in [0.2, 0.25) is 0 Å². The first-order chi connectivity index (χ1) is 14.6. The quantitative estimate of drug-likeness (QED) is 0.477. The summed E-state index contributed by atoms with van der Waals surface area (Å²) in [4.78, 5) is 26.4. The summed E-state index contributed by atoms with van der Waals surface area (Å²) in [5.74, 6) is 1.18. The molecule has 0 aromatic heterocycles. The van der Waals surface area contributed by atoms with Crippen molar-refractivity contribution in [1.82, 2.24) is 0 Å². The largest absolute Gasteiger partial charge is 0.497 e. The first-order valence-electron chi connectivity index (χ1n) is 9.85. The number of rotatable bonds is 9. The number of amides is 1. The van der Waals surface area contributed by atoms with Crippen molar-refractivity contribution in [2.24, 2.45) is 0 Å². The van der Waals surface area contributed by atoms with Crippen LogP contribution in [0.25, 0.3) is 0 Å². The fraction of sp³-hybridized carbons (Fsp3) is 0.200. The number of nitrogens with zero attached hydrogens (tertiary/aromatic N) is 1. The van der Waals surface area contributed by atoms with Gasteiger partial charge in [-0.15, -0.1) is 0 Å². The maximum atomic E-state index is 13.0. The van der Waals surface area contributed by atoms with Gasteiger partial charge >= 0.3 is 0 Å². The zero-order chi connectivity index (χ0) is 21.3. The van der Waals surface area contributed by atoms with E-state index in [2.05, 4.69) is 0 Å². The van der Waals surface area contributed by atoms with Crippen LogP contribution in [0, 0.1) is 0 Å². The van der Waals surface area contributed by atoms with Crippen LogP contribution in [-0.4, -0.2) is 25.4 Å². The fourth-order valence-corrected chi connectivity index (χ4v) is 3.02. The lowest BCUT2D eigenvalue weighted by atomic mass is 10.1. The predicted octanol–water partition coefficient (Wildman–Crippen LogP) is 4.90. The molecule has 0 aliphatic heterocycles. The van der Waals surface area contributed by atoms with Gasteiger partial charge in [-0.1, -0.05) is 37.3 Å². The highest BCUT2D eigenvalue weighted by molar-refractivity contribution is 5.96. The van der Waals surface area contributed by atoms with E-state index in [4.69, 9.17) is 9.47 Å². The van der Waals surface area contributed by atoms with Gasteiger partial charge in [-0.2, -0.15) is 0 Å². The van der Waals surface area contributed by atoms with Crippen LogP contribution in [0.1, 0.15) is 29.3 Å². The van der Waals surface area contributed by atoms with E-state index in [1.807, 2.05) is 61.5 Å². The maximum absolute atomic E-state index is 13.0. The Hall–Kier alpha value is -3.60. The van der Waals surface area contributed by atoms with E-state index in [1.165, 1.54) is 0 Å². The Balaban J connectivity index is 1.73. The lowest BCUT2D eigenvalue weighted by Crippen LogP contribution is -2.34. The van der Waals surface area contributed by atoms with Crippen LogP contribution in [0.2, 0.25) is 0 Å². The molecule has 0 N–H and O–H groups in total. The molecule has 3 aromatic carbocycles. The summed E-state index contributed by atoms with van der Waals surface area (Å²) in [7, 11) is 1.61. The number of Topliss-reactive ketones (excluding diaryl/α,β-unsaturated/α-hetero) is 1. The van der Waals surface area contributed by atoms with Gasteiger partial charge in [-0.25, -0.2) is 0 Å². The normalized spacial score (nSPS) is 10.3. The summed E-state index contributed by atoms with van der Waals surface area (Å²) in [5.41, 5.74) is 2.42. The molecule has 5 heteroatoms. The van der Waals surface area contributed by atoms with Crippen LogP contribution in [0.15, 0.2) is 78.9 Å². The van der Waals surface area contributed by atoms with Crippen molar-refractivity contribution in [3.05, 3.63) is 90.0 Å². The smallest absolute Gasteiger partial charge is 0.265 e. The van der Waals surface area contributed by atoms with Crippen molar-refractivity contribution in [2.75, 3.05) is 18.6 Å². The van der Waals surface area contributed by atoms with Gasteiger partial charge in [0.25, 0.3) is 5.91 Å². The van der Waals surface area contributed by atoms with Gasteiger partial charge in [0.15, 0.2) is 12.4 Å². The van der Waals surface area contributed by atoms with Crippen LogP contribution in [0.5, 0.6) is 11.5 Å². The summed E-state index contributed by atoms with van der Waals surface area (Å²) in [5, 5.41) is 0. The van der Waals surface area contributed by atoms with Gasteiger partial charge in [0.1, 0.15) is 11.5 Å². The van der Waals surface area contributed by atoms with Crippen LogP contribution in [0.4, 0.5) is 5.69 Å². The van der Waals surface area contributed by atoms with Crippen molar-refractivity contribution < 1.29 is 19.1 Å². The molecule has 0 atom stereocenters. The molecule has 0 spiro atoms. The topological polar surface area (TPSA) is 55.8 Å². The number of ether oxygens (including phenoxy) is 2. The van der Waals surface area contributed by atoms with E-state index in [1.54, 1.807) is 36.3 Å². The number of benzene rings is 3. The highest BCUT2D eigenvalue weighted by atomic mass is 16.5.